The van der Waals surface area contributed by atoms with Crippen LogP contribution in [0, 0.1) is 6.92 Å². The molecule has 0 saturated heterocycles. The van der Waals surface area contributed by atoms with E-state index in [1.54, 1.807) is 22.7 Å². The van der Waals surface area contributed by atoms with Crippen molar-refractivity contribution in [2.45, 2.75) is 6.92 Å². The number of hydrogen-bond donors (Lipinski definition) is 2. The molecular weight excluding hydrogens is 507 g/mol. The van der Waals surface area contributed by atoms with E-state index in [9.17, 15) is 4.79 Å². The summed E-state index contributed by atoms with van der Waals surface area (Å²) in [5.41, 5.74) is 1.67. The van der Waals surface area contributed by atoms with Crippen LogP contribution < -0.4 is 10.6 Å². The molecule has 0 atom stereocenters. The second kappa shape index (κ2) is 8.38. The highest BCUT2D eigenvalue weighted by Gasteiger charge is 2.18. The Labute approximate surface area is 205 Å². The van der Waals surface area contributed by atoms with Crippen molar-refractivity contribution >= 4 is 89.8 Å². The molecule has 160 valence electrons. The van der Waals surface area contributed by atoms with Gasteiger partial charge in [-0.25, -0.2) is 0 Å². The number of aromatic nitrogens is 4. The fourth-order valence-corrected chi connectivity index (χ4v) is 5.82. The molecule has 0 fully saturated rings. The van der Waals surface area contributed by atoms with E-state index < -0.39 is 0 Å². The van der Waals surface area contributed by atoms with Gasteiger partial charge in [0.15, 0.2) is 10.9 Å². The van der Waals surface area contributed by atoms with Crippen molar-refractivity contribution in [3.05, 3.63) is 63.2 Å². The van der Waals surface area contributed by atoms with Crippen molar-refractivity contribution < 1.29 is 4.79 Å². The van der Waals surface area contributed by atoms with Crippen molar-refractivity contribution in [1.82, 2.24) is 25.1 Å². The number of rotatable bonds is 3. The first-order valence-corrected chi connectivity index (χ1v) is 12.0. The van der Waals surface area contributed by atoms with Crippen LogP contribution in [0.2, 0.25) is 10.0 Å². The van der Waals surface area contributed by atoms with Gasteiger partial charge in [-0.3, -0.25) is 10.1 Å². The molecule has 0 bridgehead atoms. The lowest BCUT2D eigenvalue weighted by molar-refractivity contribution is 0.0982. The Morgan fingerprint density at radius 2 is 1.88 bits per heavy atom. The van der Waals surface area contributed by atoms with Crippen LogP contribution in [0.3, 0.4) is 0 Å². The average Bonchev–Trinajstić information content (AvgIpc) is 3.43. The Hall–Kier alpha value is -2.63. The molecule has 0 spiro atoms. The standard InChI is InChI=1S/C20H12Cl2N6OS3/c1-9-25-26-20-28(9)27-18(32-20)10-2-5-12(6-3-10)23-19(30)24-17(29)16-15(22)13-7-4-11(21)8-14(13)31-16/h2-8H,1H3,(H2,23,24,29,30). The summed E-state index contributed by atoms with van der Waals surface area (Å²) in [5.74, 6) is 0.361. The molecule has 1 amide bonds. The van der Waals surface area contributed by atoms with E-state index in [1.807, 2.05) is 31.2 Å². The lowest BCUT2D eigenvalue weighted by atomic mass is 10.2. The van der Waals surface area contributed by atoms with Crippen LogP contribution in [0.15, 0.2) is 42.5 Å². The Morgan fingerprint density at radius 3 is 2.62 bits per heavy atom. The van der Waals surface area contributed by atoms with Crippen molar-refractivity contribution in [2.75, 3.05) is 5.32 Å². The Balaban J connectivity index is 1.27. The lowest BCUT2D eigenvalue weighted by Gasteiger charge is -2.09. The first-order valence-electron chi connectivity index (χ1n) is 9.18. The van der Waals surface area contributed by atoms with Gasteiger partial charge >= 0.3 is 0 Å². The quantitative estimate of drug-likeness (QED) is 0.293. The maximum absolute atomic E-state index is 12.7. The summed E-state index contributed by atoms with van der Waals surface area (Å²) in [7, 11) is 0. The van der Waals surface area contributed by atoms with Crippen molar-refractivity contribution in [2.24, 2.45) is 0 Å². The monoisotopic (exact) mass is 518 g/mol. The zero-order valence-electron chi connectivity index (χ0n) is 16.2. The molecule has 3 aromatic heterocycles. The van der Waals surface area contributed by atoms with Crippen molar-refractivity contribution in [3.8, 4) is 10.6 Å². The van der Waals surface area contributed by atoms with Gasteiger partial charge in [-0.1, -0.05) is 40.6 Å². The topological polar surface area (TPSA) is 84.2 Å². The van der Waals surface area contributed by atoms with Crippen LogP contribution in [0.25, 0.3) is 25.6 Å². The van der Waals surface area contributed by atoms with Gasteiger partial charge in [-0.15, -0.1) is 21.5 Å². The summed E-state index contributed by atoms with van der Waals surface area (Å²) in [6.45, 7) is 1.85. The third kappa shape index (κ3) is 3.96. The molecule has 2 N–H and O–H groups in total. The highest BCUT2D eigenvalue weighted by Crippen LogP contribution is 2.36. The zero-order valence-corrected chi connectivity index (χ0v) is 20.2. The second-order valence-electron chi connectivity index (χ2n) is 6.72. The third-order valence-corrected chi connectivity index (χ3v) is 7.60. The van der Waals surface area contributed by atoms with Crippen molar-refractivity contribution in [1.29, 1.82) is 0 Å². The van der Waals surface area contributed by atoms with E-state index in [-0.39, 0.29) is 11.0 Å². The number of carbonyl (C=O) groups is 1. The predicted octanol–water partition coefficient (Wildman–Crippen LogP) is 5.81. The molecule has 0 saturated carbocycles. The molecule has 7 nitrogen and oxygen atoms in total. The number of anilines is 1. The van der Waals surface area contributed by atoms with Gasteiger partial charge in [-0.2, -0.15) is 9.61 Å². The van der Waals surface area contributed by atoms with Crippen LogP contribution in [0.5, 0.6) is 0 Å². The molecule has 2 aromatic carbocycles. The average molecular weight is 519 g/mol. The molecule has 5 rings (SSSR count). The number of amides is 1. The molecular formula is C20H12Cl2N6OS3. The van der Waals surface area contributed by atoms with Gasteiger partial charge in [0.25, 0.3) is 5.91 Å². The molecule has 0 aliphatic carbocycles. The number of hydrogen-bond acceptors (Lipinski definition) is 7. The van der Waals surface area contributed by atoms with Gasteiger partial charge in [-0.05, 0) is 55.5 Å². The highest BCUT2D eigenvalue weighted by atomic mass is 35.5. The number of thiocarbonyl (C=S) groups is 1. The van der Waals surface area contributed by atoms with Gasteiger partial charge in [0, 0.05) is 26.4 Å². The van der Waals surface area contributed by atoms with Gasteiger partial charge in [0.05, 0.1) is 5.02 Å². The summed E-state index contributed by atoms with van der Waals surface area (Å²) < 4.78 is 2.55. The summed E-state index contributed by atoms with van der Waals surface area (Å²) in [5, 5.41) is 21.0. The van der Waals surface area contributed by atoms with Crippen LogP contribution in [-0.4, -0.2) is 30.8 Å². The van der Waals surface area contributed by atoms with E-state index in [4.69, 9.17) is 35.4 Å². The first-order chi connectivity index (χ1) is 15.4. The Bertz CT molecular complexity index is 1510. The largest absolute Gasteiger partial charge is 0.332 e. The van der Waals surface area contributed by atoms with Gasteiger partial charge in [0.2, 0.25) is 4.96 Å². The van der Waals surface area contributed by atoms with E-state index in [0.29, 0.717) is 14.9 Å². The van der Waals surface area contributed by atoms with Crippen LogP contribution in [0.1, 0.15) is 15.5 Å². The van der Waals surface area contributed by atoms with E-state index in [0.717, 1.165) is 37.1 Å². The zero-order chi connectivity index (χ0) is 22.4. The molecule has 0 aliphatic rings. The number of nitrogens with zero attached hydrogens (tertiary/aromatic N) is 4. The van der Waals surface area contributed by atoms with Crippen LogP contribution in [0.4, 0.5) is 5.69 Å². The molecule has 32 heavy (non-hydrogen) atoms. The maximum atomic E-state index is 12.7. The van der Waals surface area contributed by atoms with E-state index >= 15 is 0 Å². The summed E-state index contributed by atoms with van der Waals surface area (Å²) >= 11 is 20.4. The highest BCUT2D eigenvalue weighted by molar-refractivity contribution is 7.80. The fraction of sp³-hybridized carbons (Fsp3) is 0.0500. The number of nitrogens with one attached hydrogen (secondary N) is 2. The fourth-order valence-electron chi connectivity index (χ4n) is 3.03. The second-order valence-corrected chi connectivity index (χ2v) is 9.95. The van der Waals surface area contributed by atoms with Crippen LogP contribution >= 0.6 is 58.1 Å². The molecule has 0 unspecified atom stereocenters. The maximum Gasteiger partial charge on any atom is 0.269 e. The molecule has 12 heteroatoms. The number of carbonyl (C=O) groups excluding carboxylic acids is 1. The molecule has 0 aliphatic heterocycles. The predicted molar refractivity (Wildman–Crippen MR) is 134 cm³/mol. The minimum Gasteiger partial charge on any atom is -0.332 e. The number of halogens is 2. The van der Waals surface area contributed by atoms with Crippen LogP contribution in [-0.2, 0) is 0 Å². The smallest absolute Gasteiger partial charge is 0.269 e. The van der Waals surface area contributed by atoms with Gasteiger partial charge < -0.3 is 5.32 Å². The molecule has 5 aromatic rings. The summed E-state index contributed by atoms with van der Waals surface area (Å²) in [4.78, 5) is 13.8. The van der Waals surface area contributed by atoms with Crippen molar-refractivity contribution in [3.63, 3.8) is 0 Å². The third-order valence-electron chi connectivity index (χ3n) is 4.56. The minimum absolute atomic E-state index is 0.170. The lowest BCUT2D eigenvalue weighted by Crippen LogP contribution is -2.33. The summed E-state index contributed by atoms with van der Waals surface area (Å²) in [6.07, 6.45) is 0. The Kier molecular flexibility index (Phi) is 5.56. The Morgan fingerprint density at radius 1 is 1.09 bits per heavy atom. The SMILES string of the molecule is Cc1nnc2sc(-c3ccc(NC(=S)NC(=O)c4sc5cc(Cl)ccc5c4Cl)cc3)nn12. The molecule has 0 radical (unpaired) electrons. The van der Waals surface area contributed by atoms with E-state index in [2.05, 4.69) is 25.9 Å². The number of benzene rings is 2. The number of aryl methyl sites for hydroxylation is 1. The number of fused-ring (bicyclic) bond motifs is 2. The number of thiophene rings is 1. The minimum atomic E-state index is -0.378. The first kappa shape index (κ1) is 21.2. The summed E-state index contributed by atoms with van der Waals surface area (Å²) in [6, 6.07) is 12.9. The molecule has 3 heterocycles. The van der Waals surface area contributed by atoms with E-state index in [1.165, 1.54) is 22.7 Å². The van der Waals surface area contributed by atoms with Gasteiger partial charge in [0.1, 0.15) is 9.88 Å². The normalized spacial score (nSPS) is 11.2.